The van der Waals surface area contributed by atoms with Crippen LogP contribution in [0.2, 0.25) is 0 Å². The monoisotopic (exact) mass is 264 g/mol. The van der Waals surface area contributed by atoms with E-state index in [1.165, 1.54) is 84.1 Å². The summed E-state index contributed by atoms with van der Waals surface area (Å²) in [6, 6.07) is 0.898. The molecule has 0 radical (unpaired) electrons. The van der Waals surface area contributed by atoms with E-state index in [1.54, 1.807) is 0 Å². The quantitative estimate of drug-likeness (QED) is 0.771. The highest BCUT2D eigenvalue weighted by Gasteiger charge is 2.30. The summed E-state index contributed by atoms with van der Waals surface area (Å²) >= 11 is 0. The van der Waals surface area contributed by atoms with Gasteiger partial charge in [-0.15, -0.1) is 0 Å². The average Bonchev–Trinajstić information content (AvgIpc) is 2.48. The first-order valence-electron chi connectivity index (χ1n) is 8.81. The third-order valence-corrected chi connectivity index (χ3v) is 5.98. The molecule has 2 nitrogen and oxygen atoms in total. The van der Waals surface area contributed by atoms with Gasteiger partial charge in [0.1, 0.15) is 0 Å². The van der Waals surface area contributed by atoms with E-state index in [-0.39, 0.29) is 0 Å². The zero-order chi connectivity index (χ0) is 13.1. The SMILES string of the molecule is CCC1CCC(CN2CCN3CCCCC3C2)CC1. The Balaban J connectivity index is 1.43. The van der Waals surface area contributed by atoms with Gasteiger partial charge in [0.05, 0.1) is 0 Å². The third kappa shape index (κ3) is 3.52. The minimum absolute atomic E-state index is 0.898. The molecule has 2 heteroatoms. The summed E-state index contributed by atoms with van der Waals surface area (Å²) < 4.78 is 0. The van der Waals surface area contributed by atoms with Crippen molar-refractivity contribution >= 4 is 0 Å². The number of rotatable bonds is 3. The van der Waals surface area contributed by atoms with Gasteiger partial charge in [0.2, 0.25) is 0 Å². The molecule has 1 unspecified atom stereocenters. The van der Waals surface area contributed by atoms with Crippen molar-refractivity contribution in [1.29, 1.82) is 0 Å². The molecule has 19 heavy (non-hydrogen) atoms. The van der Waals surface area contributed by atoms with Crippen LogP contribution in [0.3, 0.4) is 0 Å². The van der Waals surface area contributed by atoms with Crippen LogP contribution in [0.5, 0.6) is 0 Å². The molecule has 2 aliphatic heterocycles. The summed E-state index contributed by atoms with van der Waals surface area (Å²) in [6.07, 6.45) is 11.8. The number of hydrogen-bond donors (Lipinski definition) is 0. The third-order valence-electron chi connectivity index (χ3n) is 5.98. The number of nitrogens with zero attached hydrogens (tertiary/aromatic N) is 2. The Morgan fingerprint density at radius 1 is 0.842 bits per heavy atom. The number of fused-ring (bicyclic) bond motifs is 1. The van der Waals surface area contributed by atoms with Crippen molar-refractivity contribution in [3.63, 3.8) is 0 Å². The molecule has 0 aromatic rings. The first-order valence-corrected chi connectivity index (χ1v) is 8.81. The van der Waals surface area contributed by atoms with Gasteiger partial charge in [0.25, 0.3) is 0 Å². The van der Waals surface area contributed by atoms with Crippen LogP contribution in [-0.4, -0.2) is 48.6 Å². The van der Waals surface area contributed by atoms with Crippen molar-refractivity contribution in [2.75, 3.05) is 32.7 Å². The maximum Gasteiger partial charge on any atom is 0.0223 e. The topological polar surface area (TPSA) is 6.48 Å². The van der Waals surface area contributed by atoms with Gasteiger partial charge < -0.3 is 4.90 Å². The lowest BCUT2D eigenvalue weighted by atomic mass is 9.80. The predicted molar refractivity (Wildman–Crippen MR) is 81.4 cm³/mol. The molecule has 1 atom stereocenters. The highest BCUT2D eigenvalue weighted by atomic mass is 15.3. The van der Waals surface area contributed by atoms with Crippen molar-refractivity contribution in [3.8, 4) is 0 Å². The molecule has 1 saturated carbocycles. The van der Waals surface area contributed by atoms with E-state index < -0.39 is 0 Å². The van der Waals surface area contributed by atoms with Gasteiger partial charge in [0, 0.05) is 32.2 Å². The fraction of sp³-hybridized carbons (Fsp3) is 1.00. The second-order valence-corrected chi connectivity index (χ2v) is 7.24. The fourth-order valence-electron chi connectivity index (χ4n) is 4.57. The summed E-state index contributed by atoms with van der Waals surface area (Å²) in [6.45, 7) is 9.20. The van der Waals surface area contributed by atoms with Crippen molar-refractivity contribution in [3.05, 3.63) is 0 Å². The van der Waals surface area contributed by atoms with Crippen molar-refractivity contribution in [2.45, 2.75) is 64.3 Å². The highest BCUT2D eigenvalue weighted by molar-refractivity contribution is 4.86. The van der Waals surface area contributed by atoms with Crippen LogP contribution in [0.1, 0.15) is 58.3 Å². The Hall–Kier alpha value is -0.0800. The first kappa shape index (κ1) is 13.9. The smallest absolute Gasteiger partial charge is 0.0223 e. The van der Waals surface area contributed by atoms with Crippen LogP contribution < -0.4 is 0 Å². The molecular weight excluding hydrogens is 232 g/mol. The lowest BCUT2D eigenvalue weighted by Crippen LogP contribution is -2.55. The molecule has 1 aliphatic carbocycles. The van der Waals surface area contributed by atoms with Crippen molar-refractivity contribution in [2.24, 2.45) is 11.8 Å². The van der Waals surface area contributed by atoms with Crippen LogP contribution in [0, 0.1) is 11.8 Å². The Kier molecular flexibility index (Phi) is 4.81. The maximum atomic E-state index is 2.80. The molecule has 3 rings (SSSR count). The second kappa shape index (κ2) is 6.58. The molecule has 0 bridgehead atoms. The minimum Gasteiger partial charge on any atom is -0.300 e. The van der Waals surface area contributed by atoms with E-state index in [0.29, 0.717) is 0 Å². The van der Waals surface area contributed by atoms with Gasteiger partial charge in [-0.3, -0.25) is 4.90 Å². The molecule has 2 saturated heterocycles. The van der Waals surface area contributed by atoms with E-state index >= 15 is 0 Å². The lowest BCUT2D eigenvalue weighted by Gasteiger charge is -2.45. The minimum atomic E-state index is 0.898. The fourth-order valence-corrected chi connectivity index (χ4v) is 4.57. The Bertz CT molecular complexity index is 270. The van der Waals surface area contributed by atoms with E-state index in [0.717, 1.165) is 17.9 Å². The molecule has 0 amide bonds. The van der Waals surface area contributed by atoms with Crippen molar-refractivity contribution in [1.82, 2.24) is 9.80 Å². The average molecular weight is 264 g/mol. The second-order valence-electron chi connectivity index (χ2n) is 7.24. The van der Waals surface area contributed by atoms with E-state index in [4.69, 9.17) is 0 Å². The van der Waals surface area contributed by atoms with Gasteiger partial charge in [-0.2, -0.15) is 0 Å². The van der Waals surface area contributed by atoms with Crippen molar-refractivity contribution < 1.29 is 0 Å². The van der Waals surface area contributed by atoms with Crippen LogP contribution in [0.25, 0.3) is 0 Å². The summed E-state index contributed by atoms with van der Waals surface area (Å²) in [5.41, 5.74) is 0. The molecule has 3 fully saturated rings. The zero-order valence-corrected chi connectivity index (χ0v) is 12.8. The Morgan fingerprint density at radius 2 is 1.63 bits per heavy atom. The van der Waals surface area contributed by atoms with Gasteiger partial charge in [-0.25, -0.2) is 0 Å². The zero-order valence-electron chi connectivity index (χ0n) is 12.8. The largest absolute Gasteiger partial charge is 0.300 e. The predicted octanol–water partition coefficient (Wildman–Crippen LogP) is 3.37. The molecular formula is C17H32N2. The summed E-state index contributed by atoms with van der Waals surface area (Å²) in [5, 5.41) is 0. The molecule has 0 N–H and O–H groups in total. The molecule has 3 aliphatic rings. The molecule has 0 spiro atoms. The molecule has 0 aromatic carbocycles. The Morgan fingerprint density at radius 3 is 2.42 bits per heavy atom. The van der Waals surface area contributed by atoms with Gasteiger partial charge in [-0.05, 0) is 44.1 Å². The normalized spacial score (nSPS) is 38.1. The lowest BCUT2D eigenvalue weighted by molar-refractivity contribution is 0.0369. The number of piperazine rings is 1. The maximum absolute atomic E-state index is 2.80. The van der Waals surface area contributed by atoms with Crippen LogP contribution in [-0.2, 0) is 0 Å². The van der Waals surface area contributed by atoms with Crippen LogP contribution in [0.15, 0.2) is 0 Å². The van der Waals surface area contributed by atoms with E-state index in [1.807, 2.05) is 0 Å². The van der Waals surface area contributed by atoms with E-state index in [9.17, 15) is 0 Å². The summed E-state index contributed by atoms with van der Waals surface area (Å²) in [7, 11) is 0. The number of hydrogen-bond acceptors (Lipinski definition) is 2. The van der Waals surface area contributed by atoms with Gasteiger partial charge >= 0.3 is 0 Å². The van der Waals surface area contributed by atoms with Crippen LogP contribution >= 0.6 is 0 Å². The molecule has 0 aromatic heterocycles. The number of piperidine rings is 1. The van der Waals surface area contributed by atoms with Gasteiger partial charge in [0.15, 0.2) is 0 Å². The van der Waals surface area contributed by atoms with E-state index in [2.05, 4.69) is 16.7 Å². The molecule has 2 heterocycles. The van der Waals surface area contributed by atoms with Gasteiger partial charge in [-0.1, -0.05) is 32.6 Å². The highest BCUT2D eigenvalue weighted by Crippen LogP contribution is 2.31. The van der Waals surface area contributed by atoms with Crippen LogP contribution in [0.4, 0.5) is 0 Å². The first-order chi connectivity index (χ1) is 9.35. The summed E-state index contributed by atoms with van der Waals surface area (Å²) in [4.78, 5) is 5.55. The Labute approximate surface area is 119 Å². The molecule has 110 valence electrons. The standard InChI is InChI=1S/C17H32N2/c1-2-15-6-8-16(9-7-15)13-18-11-12-19-10-4-3-5-17(19)14-18/h15-17H,2-14H2,1H3. The summed E-state index contributed by atoms with van der Waals surface area (Å²) in [5.74, 6) is 2.06.